The number of carbonyl (C=O) groups is 2. The second kappa shape index (κ2) is 12.8. The molecule has 5 rings (SSSR count). The van der Waals surface area contributed by atoms with Crippen LogP contribution in [-0.2, 0) is 10.2 Å². The summed E-state index contributed by atoms with van der Waals surface area (Å²) in [4.78, 5) is 46.4. The Morgan fingerprint density at radius 2 is 1.75 bits per heavy atom. The molecule has 246 valence electrons. The van der Waals surface area contributed by atoms with Crippen molar-refractivity contribution in [3.8, 4) is 33.9 Å². The van der Waals surface area contributed by atoms with Crippen molar-refractivity contribution in [1.82, 2.24) is 14.8 Å². The van der Waals surface area contributed by atoms with Crippen molar-refractivity contribution in [2.45, 2.75) is 32.6 Å². The zero-order valence-corrected chi connectivity index (χ0v) is 28.0. The number of likely N-dealkylation sites (N-methyl/N-ethyl adjacent to an activating group) is 2. The van der Waals surface area contributed by atoms with Crippen LogP contribution in [0.5, 0.6) is 17.2 Å². The summed E-state index contributed by atoms with van der Waals surface area (Å²) in [7, 11) is 3.12. The number of carbonyl (C=O) groups excluding carboxylic acids is 2. The molecule has 11 nitrogen and oxygen atoms in total. The first-order chi connectivity index (χ1) is 22.6. The Bertz CT molecular complexity index is 2290. The molecular weight excluding hydrogens is 632 g/mol. The number of thiazole rings is 1. The van der Waals surface area contributed by atoms with Crippen molar-refractivity contribution in [3.05, 3.63) is 80.0 Å². The molecule has 0 radical (unpaired) electrons. The van der Waals surface area contributed by atoms with Gasteiger partial charge in [-0.25, -0.2) is 14.6 Å². The highest BCUT2D eigenvalue weighted by Crippen LogP contribution is 2.34. The lowest BCUT2D eigenvalue weighted by Crippen LogP contribution is -2.41. The Kier molecular flexibility index (Phi) is 9.02. The summed E-state index contributed by atoms with van der Waals surface area (Å²) in [5.74, 6) is -0.340. The highest BCUT2D eigenvalue weighted by atomic mass is 32.1. The molecule has 5 aromatic rings. The van der Waals surface area contributed by atoms with E-state index in [4.69, 9.17) is 9.15 Å². The lowest BCUT2D eigenvalue weighted by molar-refractivity contribution is -0.131. The average Bonchev–Trinajstić information content (AvgIpc) is 3.47. The zero-order valence-electron chi connectivity index (χ0n) is 27.2. The van der Waals surface area contributed by atoms with Gasteiger partial charge in [0, 0.05) is 72.0 Å². The number of nitrogens with zero attached hydrogens (tertiary/aromatic N) is 4. The fourth-order valence-corrected chi connectivity index (χ4v) is 6.52. The minimum absolute atomic E-state index is 0.0106. The first-order valence-electron chi connectivity index (χ1n) is 14.9. The van der Waals surface area contributed by atoms with E-state index in [9.17, 15) is 29.9 Å². The Morgan fingerprint density at radius 3 is 2.44 bits per heavy atom. The predicted molar refractivity (Wildman–Crippen MR) is 185 cm³/mol. The molecule has 0 bridgehead atoms. The topological polar surface area (TPSA) is 157 Å². The third kappa shape index (κ3) is 6.20. The number of amides is 2. The van der Waals surface area contributed by atoms with E-state index >= 15 is 0 Å². The number of phenolic OH excluding ortho intramolecular Hbond substituents is 2. The van der Waals surface area contributed by atoms with Gasteiger partial charge in [-0.3, -0.25) is 4.79 Å². The van der Waals surface area contributed by atoms with Crippen LogP contribution in [0.1, 0.15) is 37.0 Å². The van der Waals surface area contributed by atoms with Gasteiger partial charge in [0.25, 0.3) is 0 Å². The number of hydrogen-bond donors (Lipinski definition) is 2. The van der Waals surface area contributed by atoms with E-state index in [1.807, 2.05) is 24.3 Å². The van der Waals surface area contributed by atoms with Gasteiger partial charge in [-0.2, -0.15) is 5.26 Å². The smallest absolute Gasteiger partial charge is 0.415 e. The maximum atomic E-state index is 13.2. The van der Waals surface area contributed by atoms with Gasteiger partial charge in [-0.05, 0) is 31.2 Å². The van der Waals surface area contributed by atoms with Gasteiger partial charge in [-0.15, -0.1) is 11.3 Å². The second-order valence-corrected chi connectivity index (χ2v) is 13.2. The number of aromatic nitrogens is 1. The molecule has 2 N–H and O–H groups in total. The van der Waals surface area contributed by atoms with Crippen LogP contribution in [0.25, 0.3) is 44.9 Å². The molecule has 0 aliphatic carbocycles. The molecule has 0 aliphatic heterocycles. The number of para-hydroxylation sites is 1. The normalized spacial score (nSPS) is 11.4. The van der Waals surface area contributed by atoms with Gasteiger partial charge in [-0.1, -0.05) is 39.1 Å². The van der Waals surface area contributed by atoms with E-state index in [0.29, 0.717) is 27.0 Å². The van der Waals surface area contributed by atoms with Crippen LogP contribution in [0.3, 0.4) is 0 Å². The van der Waals surface area contributed by atoms with E-state index < -0.39 is 17.1 Å². The molecule has 0 unspecified atom stereocenters. The molecule has 48 heavy (non-hydrogen) atoms. The van der Waals surface area contributed by atoms with Gasteiger partial charge in [0.1, 0.15) is 39.5 Å². The first-order valence-corrected chi connectivity index (χ1v) is 15.7. The number of rotatable bonds is 8. The van der Waals surface area contributed by atoms with Crippen molar-refractivity contribution in [3.63, 3.8) is 0 Å². The van der Waals surface area contributed by atoms with Crippen LogP contribution < -0.4 is 20.8 Å². The highest BCUT2D eigenvalue weighted by Gasteiger charge is 2.31. The Labute approximate surface area is 279 Å². The van der Waals surface area contributed by atoms with Gasteiger partial charge < -0.3 is 29.2 Å². The van der Waals surface area contributed by atoms with Crippen molar-refractivity contribution < 1.29 is 29.0 Å². The standard InChI is InChI=1S/C36H34N4O7S/c1-19-20(2)32(43)30(21(3)31(19)42)36(4,5)17-28(41)39(6)14-15-40(7)35(45)46-22-12-13-23-24(18-37)29(34(44)47-26(23)16-22)33-38-25-10-8-9-11-27(25)48-33/h8-13,16,42-43H,2-3,14-15,17H2,1,4-7H3. The fourth-order valence-electron chi connectivity index (χ4n) is 5.52. The van der Waals surface area contributed by atoms with E-state index in [-0.39, 0.29) is 69.8 Å². The number of benzene rings is 3. The fraction of sp³-hybridized carbons (Fsp3) is 0.250. The highest BCUT2D eigenvalue weighted by molar-refractivity contribution is 7.21. The zero-order chi connectivity index (χ0) is 35.1. The van der Waals surface area contributed by atoms with Gasteiger partial charge >= 0.3 is 11.7 Å². The molecule has 2 amide bonds. The third-order valence-electron chi connectivity index (χ3n) is 8.40. The number of phenols is 2. The molecule has 0 saturated carbocycles. The quantitative estimate of drug-likeness (QED) is 0.176. The van der Waals surface area contributed by atoms with Crippen LogP contribution >= 0.6 is 11.3 Å². The van der Waals surface area contributed by atoms with Crippen molar-refractivity contribution in [1.29, 1.82) is 5.26 Å². The molecule has 12 heteroatoms. The summed E-state index contributed by atoms with van der Waals surface area (Å²) < 4.78 is 11.9. The summed E-state index contributed by atoms with van der Waals surface area (Å²) in [5, 5.41) is 32.5. The predicted octanol–water partition coefficient (Wildman–Crippen LogP) is 4.74. The van der Waals surface area contributed by atoms with Crippen molar-refractivity contribution in [2.24, 2.45) is 0 Å². The lowest BCUT2D eigenvalue weighted by Gasteiger charge is -2.30. The minimum Gasteiger partial charge on any atom is -0.507 e. The Morgan fingerprint density at radius 1 is 1.06 bits per heavy atom. The number of aromatic hydroxyl groups is 2. The molecule has 0 fully saturated rings. The number of ether oxygens (including phenoxy) is 1. The molecule has 0 spiro atoms. The molecule has 2 heterocycles. The second-order valence-electron chi connectivity index (χ2n) is 12.2. The summed E-state index contributed by atoms with van der Waals surface area (Å²) >= 11 is 1.28. The SMILES string of the molecule is C=c1c(C)c(O)c(=C)c(C(C)(C)CC(=O)N(C)CCN(C)C(=O)Oc2ccc3c(C#N)c(-c4nc5ccccc5s4)c(=O)oc3c2)c1O. The minimum atomic E-state index is -0.888. The van der Waals surface area contributed by atoms with Crippen molar-refractivity contribution in [2.75, 3.05) is 27.2 Å². The number of fused-ring (bicyclic) bond motifs is 2. The lowest BCUT2D eigenvalue weighted by atomic mass is 9.78. The first kappa shape index (κ1) is 33.7. The summed E-state index contributed by atoms with van der Waals surface area (Å²) in [5.41, 5.74) is 0.110. The maximum absolute atomic E-state index is 13.2. The Balaban J connectivity index is 1.26. The van der Waals surface area contributed by atoms with E-state index in [0.717, 1.165) is 4.70 Å². The molecule has 0 aliphatic rings. The number of hydrogen-bond acceptors (Lipinski definition) is 10. The van der Waals surface area contributed by atoms with Crippen LogP contribution in [0.2, 0.25) is 0 Å². The van der Waals surface area contributed by atoms with Gasteiger partial charge in [0.05, 0.1) is 15.8 Å². The summed E-state index contributed by atoms with van der Waals surface area (Å²) in [6.45, 7) is 13.2. The van der Waals surface area contributed by atoms with Crippen LogP contribution in [0.15, 0.2) is 51.7 Å². The van der Waals surface area contributed by atoms with E-state index in [1.165, 1.54) is 40.3 Å². The van der Waals surface area contributed by atoms with E-state index in [2.05, 4.69) is 24.2 Å². The van der Waals surface area contributed by atoms with Crippen molar-refractivity contribution >= 4 is 57.7 Å². The van der Waals surface area contributed by atoms with Gasteiger partial charge in [0.15, 0.2) is 0 Å². The molecule has 3 aromatic carbocycles. The molecular formula is C36H34N4O7S. The van der Waals surface area contributed by atoms with Crippen LogP contribution in [0, 0.1) is 18.3 Å². The third-order valence-corrected chi connectivity index (χ3v) is 9.45. The summed E-state index contributed by atoms with van der Waals surface area (Å²) in [6, 6.07) is 13.9. The monoisotopic (exact) mass is 666 g/mol. The molecule has 0 saturated heterocycles. The van der Waals surface area contributed by atoms with Crippen LogP contribution in [0.4, 0.5) is 4.79 Å². The number of nitriles is 1. The summed E-state index contributed by atoms with van der Waals surface area (Å²) in [6.07, 6.45) is -0.724. The maximum Gasteiger partial charge on any atom is 0.415 e. The molecule has 0 atom stereocenters. The van der Waals surface area contributed by atoms with Gasteiger partial charge in [0.2, 0.25) is 5.91 Å². The van der Waals surface area contributed by atoms with E-state index in [1.54, 1.807) is 33.9 Å². The molecule has 2 aromatic heterocycles. The Hall–Kier alpha value is -5.67. The average molecular weight is 667 g/mol. The van der Waals surface area contributed by atoms with Crippen LogP contribution in [-0.4, -0.2) is 64.2 Å². The largest absolute Gasteiger partial charge is 0.507 e.